The monoisotopic (exact) mass is 489 g/mol. The molecule has 0 saturated carbocycles. The van der Waals surface area contributed by atoms with Crippen LogP contribution in [0.4, 0.5) is 14.9 Å². The number of rotatable bonds is 5. The SMILES string of the molecule is COc1cc([C@@H]2c3[nH]c4ccccc4c3C(Nc3ccc(F)cc3)[C@H]3COC(=O)N23)cc(OC)c1O. The second-order valence-corrected chi connectivity index (χ2v) is 8.85. The van der Waals surface area contributed by atoms with E-state index in [4.69, 9.17) is 14.2 Å². The molecule has 2 aliphatic rings. The first-order valence-corrected chi connectivity index (χ1v) is 11.5. The number of hydrogen-bond acceptors (Lipinski definition) is 6. The first kappa shape index (κ1) is 22.1. The van der Waals surface area contributed by atoms with Crippen LogP contribution < -0.4 is 14.8 Å². The number of ether oxygens (including phenoxy) is 3. The molecule has 1 amide bonds. The summed E-state index contributed by atoms with van der Waals surface area (Å²) in [5.41, 5.74) is 4.14. The van der Waals surface area contributed by atoms with Gasteiger partial charge in [-0.15, -0.1) is 0 Å². The van der Waals surface area contributed by atoms with Gasteiger partial charge in [-0.1, -0.05) is 18.2 Å². The van der Waals surface area contributed by atoms with Crippen molar-refractivity contribution >= 4 is 22.7 Å². The third-order valence-corrected chi connectivity index (χ3v) is 6.95. The van der Waals surface area contributed by atoms with Crippen molar-refractivity contribution in [3.63, 3.8) is 0 Å². The quantitative estimate of drug-likeness (QED) is 0.361. The summed E-state index contributed by atoms with van der Waals surface area (Å²) in [4.78, 5) is 18.4. The minimum atomic E-state index is -0.554. The maximum absolute atomic E-state index is 13.6. The second-order valence-electron chi connectivity index (χ2n) is 8.85. The van der Waals surface area contributed by atoms with Gasteiger partial charge in [-0.25, -0.2) is 9.18 Å². The Hall–Kier alpha value is -4.40. The van der Waals surface area contributed by atoms with Gasteiger partial charge in [0.2, 0.25) is 5.75 Å². The molecule has 1 aromatic heterocycles. The average Bonchev–Trinajstić information content (AvgIpc) is 3.47. The van der Waals surface area contributed by atoms with Gasteiger partial charge in [0.15, 0.2) is 11.5 Å². The van der Waals surface area contributed by atoms with E-state index in [2.05, 4.69) is 10.3 Å². The highest BCUT2D eigenvalue weighted by Crippen LogP contribution is 2.50. The third-order valence-electron chi connectivity index (χ3n) is 6.95. The standard InChI is InChI=1S/C27H24FN3O5/c1-34-20-11-14(12-21(35-2)26(20)32)25-24-22(17-5-3-4-6-18(17)30-24)23(19-13-36-27(33)31(19)25)29-16-9-7-15(28)8-10-16/h3-12,19,23,25,29-30,32H,13H2,1-2H3/t19-,23?,25-/m1/s1. The van der Waals surface area contributed by atoms with Crippen LogP contribution in [0.3, 0.4) is 0 Å². The molecule has 4 aromatic rings. The van der Waals surface area contributed by atoms with Crippen LogP contribution in [-0.2, 0) is 4.74 Å². The number of amides is 1. The highest BCUT2D eigenvalue weighted by Gasteiger charge is 2.51. The van der Waals surface area contributed by atoms with Crippen molar-refractivity contribution in [1.29, 1.82) is 0 Å². The van der Waals surface area contributed by atoms with Crippen molar-refractivity contribution in [2.45, 2.75) is 18.1 Å². The number of methoxy groups -OCH3 is 2. The Kier molecular flexibility index (Phi) is 5.13. The normalized spacial score (nSPS) is 20.6. The van der Waals surface area contributed by atoms with Crippen LogP contribution in [0.5, 0.6) is 17.2 Å². The van der Waals surface area contributed by atoms with E-state index in [0.717, 1.165) is 27.8 Å². The molecule has 3 atom stereocenters. The number of para-hydroxylation sites is 1. The van der Waals surface area contributed by atoms with Crippen molar-refractivity contribution in [3.8, 4) is 17.2 Å². The van der Waals surface area contributed by atoms with Crippen molar-refractivity contribution in [2.24, 2.45) is 0 Å². The van der Waals surface area contributed by atoms with E-state index in [1.54, 1.807) is 29.2 Å². The van der Waals surface area contributed by atoms with Crippen LogP contribution in [0.15, 0.2) is 60.7 Å². The summed E-state index contributed by atoms with van der Waals surface area (Å²) in [5, 5.41) is 15.0. The molecule has 0 bridgehead atoms. The van der Waals surface area contributed by atoms with Gasteiger partial charge in [-0.3, -0.25) is 4.90 Å². The molecule has 1 unspecified atom stereocenters. The molecule has 0 aliphatic carbocycles. The van der Waals surface area contributed by atoms with Crippen LogP contribution in [0.1, 0.15) is 28.9 Å². The van der Waals surface area contributed by atoms with Crippen LogP contribution in [0.2, 0.25) is 0 Å². The molecule has 0 radical (unpaired) electrons. The maximum atomic E-state index is 13.6. The van der Waals surface area contributed by atoms with E-state index in [1.807, 2.05) is 24.3 Å². The van der Waals surface area contributed by atoms with E-state index in [0.29, 0.717) is 5.56 Å². The van der Waals surface area contributed by atoms with Gasteiger partial charge in [-0.2, -0.15) is 0 Å². The van der Waals surface area contributed by atoms with E-state index in [9.17, 15) is 14.3 Å². The molecule has 1 fully saturated rings. The number of halogens is 1. The summed E-state index contributed by atoms with van der Waals surface area (Å²) >= 11 is 0. The summed E-state index contributed by atoms with van der Waals surface area (Å²) in [5.74, 6) is 0.0245. The first-order valence-electron chi connectivity index (χ1n) is 11.5. The predicted octanol–water partition coefficient (Wildman–Crippen LogP) is 5.11. The molecule has 184 valence electrons. The first-order chi connectivity index (χ1) is 17.5. The lowest BCUT2D eigenvalue weighted by atomic mass is 9.85. The Balaban J connectivity index is 1.58. The fraction of sp³-hybridized carbons (Fsp3) is 0.222. The molecule has 3 aromatic carbocycles. The van der Waals surface area contributed by atoms with Gasteiger partial charge in [-0.05, 0) is 48.0 Å². The fourth-order valence-electron chi connectivity index (χ4n) is 5.36. The number of phenolic OH excluding ortho intramolecular Hbond substituents is 1. The minimum absolute atomic E-state index is 0.118. The van der Waals surface area contributed by atoms with Gasteiger partial charge < -0.3 is 29.6 Å². The van der Waals surface area contributed by atoms with E-state index >= 15 is 0 Å². The Morgan fingerprint density at radius 2 is 1.78 bits per heavy atom. The van der Waals surface area contributed by atoms with Gasteiger partial charge in [0.25, 0.3) is 0 Å². The molecule has 8 nitrogen and oxygen atoms in total. The topological polar surface area (TPSA) is 96.1 Å². The van der Waals surface area contributed by atoms with Crippen LogP contribution in [-0.4, -0.2) is 48.0 Å². The number of fused-ring (bicyclic) bond motifs is 4. The number of benzene rings is 3. The van der Waals surface area contributed by atoms with Crippen molar-refractivity contribution in [3.05, 3.63) is 83.3 Å². The van der Waals surface area contributed by atoms with Gasteiger partial charge in [0.05, 0.1) is 26.3 Å². The lowest BCUT2D eigenvalue weighted by Gasteiger charge is -2.41. The number of carbonyl (C=O) groups is 1. The molecule has 3 N–H and O–H groups in total. The van der Waals surface area contributed by atoms with Crippen LogP contribution in [0.25, 0.3) is 10.9 Å². The number of aromatic hydroxyl groups is 1. The number of aromatic nitrogens is 1. The number of cyclic esters (lactones) is 1. The molecule has 3 heterocycles. The number of anilines is 1. The molecule has 9 heteroatoms. The minimum Gasteiger partial charge on any atom is -0.502 e. The van der Waals surface area contributed by atoms with E-state index in [1.165, 1.54) is 26.4 Å². The summed E-state index contributed by atoms with van der Waals surface area (Å²) in [6.45, 7) is 0.180. The lowest BCUT2D eigenvalue weighted by Crippen LogP contribution is -2.47. The molecule has 1 saturated heterocycles. The predicted molar refractivity (Wildman–Crippen MR) is 131 cm³/mol. The molecule has 36 heavy (non-hydrogen) atoms. The summed E-state index contributed by atoms with van der Waals surface area (Å²) in [6.07, 6.45) is -0.453. The lowest BCUT2D eigenvalue weighted by molar-refractivity contribution is 0.145. The molecule has 0 spiro atoms. The van der Waals surface area contributed by atoms with Crippen LogP contribution >= 0.6 is 0 Å². The third kappa shape index (κ3) is 3.30. The number of H-pyrrole nitrogens is 1. The maximum Gasteiger partial charge on any atom is 0.411 e. The smallest absolute Gasteiger partial charge is 0.411 e. The van der Waals surface area contributed by atoms with Crippen molar-refractivity contribution in [2.75, 3.05) is 26.1 Å². The zero-order chi connectivity index (χ0) is 25.0. The molecular weight excluding hydrogens is 465 g/mol. The van der Waals surface area contributed by atoms with Gasteiger partial charge >= 0.3 is 6.09 Å². The number of nitrogens with zero attached hydrogens (tertiary/aromatic N) is 1. The Morgan fingerprint density at radius 1 is 1.08 bits per heavy atom. The molecular formula is C27H24FN3O5. The molecule has 2 aliphatic heterocycles. The number of aromatic amines is 1. The van der Waals surface area contributed by atoms with E-state index in [-0.39, 0.29) is 41.8 Å². The fourth-order valence-corrected chi connectivity index (χ4v) is 5.36. The number of carbonyl (C=O) groups excluding carboxylic acids is 1. The van der Waals surface area contributed by atoms with Crippen LogP contribution in [0, 0.1) is 5.82 Å². The van der Waals surface area contributed by atoms with E-state index < -0.39 is 12.1 Å². The van der Waals surface area contributed by atoms with Crippen molar-refractivity contribution in [1.82, 2.24) is 9.88 Å². The second kappa shape index (κ2) is 8.37. The zero-order valence-electron chi connectivity index (χ0n) is 19.6. The highest BCUT2D eigenvalue weighted by molar-refractivity contribution is 5.88. The summed E-state index contributed by atoms with van der Waals surface area (Å²) in [6, 6.07) is 16.2. The van der Waals surface area contributed by atoms with Gasteiger partial charge in [0.1, 0.15) is 18.5 Å². The number of phenols is 1. The Labute approximate surface area is 206 Å². The van der Waals surface area contributed by atoms with Gasteiger partial charge in [0, 0.05) is 27.8 Å². The molecule has 6 rings (SSSR count). The number of nitrogens with one attached hydrogen (secondary N) is 2. The highest BCUT2D eigenvalue weighted by atomic mass is 19.1. The Bertz CT molecular complexity index is 1440. The van der Waals surface area contributed by atoms with Crippen molar-refractivity contribution < 1.29 is 28.5 Å². The number of hydrogen-bond donors (Lipinski definition) is 3. The summed E-state index contributed by atoms with van der Waals surface area (Å²) in [7, 11) is 2.92. The zero-order valence-corrected chi connectivity index (χ0v) is 19.6. The largest absolute Gasteiger partial charge is 0.502 e. The Morgan fingerprint density at radius 3 is 2.47 bits per heavy atom. The average molecular weight is 490 g/mol. The summed E-state index contributed by atoms with van der Waals surface area (Å²) < 4.78 is 29.9.